The summed E-state index contributed by atoms with van der Waals surface area (Å²) in [4.78, 5) is 12.6. The third kappa shape index (κ3) is 3.07. The molecule has 4 saturated carbocycles. The molecular formula is C24H38N2O2. The van der Waals surface area contributed by atoms with E-state index in [0.717, 1.165) is 57.2 Å². The lowest BCUT2D eigenvalue weighted by atomic mass is 9.44. The topological polar surface area (TPSA) is 75.7 Å². The van der Waals surface area contributed by atoms with E-state index < -0.39 is 0 Å². The zero-order chi connectivity index (χ0) is 19.9. The number of carbonyl (C=O) groups excluding carboxylic acids is 1. The van der Waals surface area contributed by atoms with Crippen LogP contribution in [-0.2, 0) is 4.79 Å². The molecule has 0 saturated heterocycles. The molecule has 0 radical (unpaired) electrons. The first-order chi connectivity index (χ1) is 13.4. The largest absolute Gasteiger partial charge is 0.411 e. The fraction of sp³-hybridized carbons (Fsp3) is 0.833. The zero-order valence-corrected chi connectivity index (χ0v) is 17.7. The van der Waals surface area contributed by atoms with Crippen molar-refractivity contribution in [2.75, 3.05) is 6.54 Å². The van der Waals surface area contributed by atoms with Gasteiger partial charge < -0.3 is 10.9 Å². The summed E-state index contributed by atoms with van der Waals surface area (Å²) < 4.78 is 0. The molecule has 0 aromatic heterocycles. The molecule has 4 rings (SSSR count). The number of rotatable bonds is 4. The number of unbranched alkanes of at least 4 members (excludes halogenated alkanes) is 1. The van der Waals surface area contributed by atoms with E-state index in [4.69, 9.17) is 5.73 Å². The number of allylic oxidation sites excluding steroid dienone is 2. The molecular weight excluding hydrogens is 348 g/mol. The predicted molar refractivity (Wildman–Crippen MR) is 112 cm³/mol. The third-order valence-corrected chi connectivity index (χ3v) is 9.34. The zero-order valence-electron chi connectivity index (χ0n) is 17.7. The molecule has 0 amide bonds. The lowest BCUT2D eigenvalue weighted by Crippen LogP contribution is -2.56. The number of Topliss-reactive ketones (excluding diaryl/α,β-unsaturated/α-hetero) is 1. The van der Waals surface area contributed by atoms with Crippen molar-refractivity contribution < 1.29 is 10.0 Å². The Morgan fingerprint density at radius 1 is 1.21 bits per heavy atom. The third-order valence-electron chi connectivity index (χ3n) is 9.34. The summed E-state index contributed by atoms with van der Waals surface area (Å²) in [5, 5.41) is 13.8. The van der Waals surface area contributed by atoms with Gasteiger partial charge in [-0.15, -0.1) is 0 Å². The second-order valence-corrected chi connectivity index (χ2v) is 10.5. The van der Waals surface area contributed by atoms with Crippen LogP contribution in [0.5, 0.6) is 0 Å². The van der Waals surface area contributed by atoms with Crippen LogP contribution in [0.3, 0.4) is 0 Å². The summed E-state index contributed by atoms with van der Waals surface area (Å²) in [7, 11) is 0. The van der Waals surface area contributed by atoms with Gasteiger partial charge in [0.1, 0.15) is 5.78 Å². The van der Waals surface area contributed by atoms with Crippen LogP contribution in [0.25, 0.3) is 0 Å². The number of ketones is 1. The first kappa shape index (κ1) is 20.1. The van der Waals surface area contributed by atoms with Crippen molar-refractivity contribution in [2.24, 2.45) is 51.3 Å². The van der Waals surface area contributed by atoms with Crippen molar-refractivity contribution in [3.63, 3.8) is 0 Å². The second-order valence-electron chi connectivity index (χ2n) is 10.5. The average molecular weight is 387 g/mol. The summed E-state index contributed by atoms with van der Waals surface area (Å²) in [6.45, 7) is 5.44. The number of oxime groups is 1. The Hall–Kier alpha value is -1.16. The van der Waals surface area contributed by atoms with Gasteiger partial charge in [-0.1, -0.05) is 31.2 Å². The SMILES string of the molecule is C[C@]12CCC3C(C/C(=N\O)[C@H]4CC(/C=C\CCCN)CC[C@]34C)C1CCC2=O. The fourth-order valence-corrected chi connectivity index (χ4v) is 7.68. The minimum atomic E-state index is -0.117. The molecule has 4 heteroatoms. The van der Waals surface area contributed by atoms with E-state index in [1.807, 2.05) is 0 Å². The fourth-order valence-electron chi connectivity index (χ4n) is 7.68. The lowest BCUT2D eigenvalue weighted by Gasteiger charge is -2.60. The van der Waals surface area contributed by atoms with Crippen molar-refractivity contribution in [2.45, 2.75) is 78.1 Å². The van der Waals surface area contributed by atoms with Gasteiger partial charge in [0.25, 0.3) is 0 Å². The number of nitrogens with two attached hydrogens (primary N) is 1. The maximum Gasteiger partial charge on any atom is 0.139 e. The minimum absolute atomic E-state index is 0.117. The van der Waals surface area contributed by atoms with Gasteiger partial charge in [0.2, 0.25) is 0 Å². The van der Waals surface area contributed by atoms with E-state index in [2.05, 4.69) is 31.2 Å². The van der Waals surface area contributed by atoms with Gasteiger partial charge in [0.05, 0.1) is 5.71 Å². The standard InChI is InChI=1S/C24H38N2O2/c1-23-11-9-16(6-4-3-5-13-25)14-20(23)21(26-28)15-17-18-7-8-22(27)24(18,2)12-10-19(17)23/h4,6,16-20,28H,3,5,7-15,25H2,1-2H3/b6-4-,26-21+/t16?,17?,18?,19?,20-,23-,24+/m1/s1. The van der Waals surface area contributed by atoms with Gasteiger partial charge in [-0.05, 0) is 93.4 Å². The Kier molecular flexibility index (Phi) is 5.45. The molecule has 0 aliphatic heterocycles. The lowest BCUT2D eigenvalue weighted by molar-refractivity contribution is -0.134. The molecule has 0 bridgehead atoms. The highest BCUT2D eigenvalue weighted by molar-refractivity contribution is 5.90. The molecule has 3 N–H and O–H groups in total. The monoisotopic (exact) mass is 386 g/mol. The minimum Gasteiger partial charge on any atom is -0.411 e. The molecule has 0 aromatic rings. The van der Waals surface area contributed by atoms with Crippen molar-refractivity contribution in [3.8, 4) is 0 Å². The number of nitrogens with zero attached hydrogens (tertiary/aromatic N) is 1. The van der Waals surface area contributed by atoms with E-state index in [0.29, 0.717) is 35.4 Å². The van der Waals surface area contributed by atoms with Crippen LogP contribution in [0, 0.1) is 40.4 Å². The Morgan fingerprint density at radius 2 is 2.04 bits per heavy atom. The Balaban J connectivity index is 1.56. The summed E-state index contributed by atoms with van der Waals surface area (Å²) in [6.07, 6.45) is 15.3. The summed E-state index contributed by atoms with van der Waals surface area (Å²) in [6, 6.07) is 0. The van der Waals surface area contributed by atoms with Crippen LogP contribution in [-0.4, -0.2) is 23.2 Å². The van der Waals surface area contributed by atoms with Crippen LogP contribution in [0.15, 0.2) is 17.3 Å². The van der Waals surface area contributed by atoms with Crippen LogP contribution < -0.4 is 5.73 Å². The van der Waals surface area contributed by atoms with Gasteiger partial charge >= 0.3 is 0 Å². The van der Waals surface area contributed by atoms with Crippen LogP contribution in [0.4, 0.5) is 0 Å². The first-order valence-corrected chi connectivity index (χ1v) is 11.5. The van der Waals surface area contributed by atoms with Gasteiger partial charge in [-0.3, -0.25) is 4.79 Å². The van der Waals surface area contributed by atoms with E-state index in [-0.39, 0.29) is 10.8 Å². The molecule has 7 atom stereocenters. The average Bonchev–Trinajstić information content (AvgIpc) is 3.00. The quantitative estimate of drug-likeness (QED) is 0.311. The van der Waals surface area contributed by atoms with Crippen molar-refractivity contribution >= 4 is 11.5 Å². The number of fused-ring (bicyclic) bond motifs is 5. The summed E-state index contributed by atoms with van der Waals surface area (Å²) in [5.41, 5.74) is 6.73. The Bertz CT molecular complexity index is 672. The Morgan fingerprint density at radius 3 is 2.79 bits per heavy atom. The smallest absolute Gasteiger partial charge is 0.139 e. The van der Waals surface area contributed by atoms with E-state index >= 15 is 0 Å². The van der Waals surface area contributed by atoms with Crippen LogP contribution in [0.2, 0.25) is 0 Å². The van der Waals surface area contributed by atoms with Gasteiger partial charge in [-0.25, -0.2) is 0 Å². The second kappa shape index (κ2) is 7.59. The maximum absolute atomic E-state index is 12.6. The molecule has 4 nitrogen and oxygen atoms in total. The predicted octanol–water partition coefficient (Wildman–Crippen LogP) is 4.95. The molecule has 4 aliphatic rings. The molecule has 4 unspecified atom stereocenters. The molecule has 28 heavy (non-hydrogen) atoms. The van der Waals surface area contributed by atoms with E-state index in [1.165, 1.54) is 19.3 Å². The molecule has 4 fully saturated rings. The van der Waals surface area contributed by atoms with Crippen LogP contribution >= 0.6 is 0 Å². The van der Waals surface area contributed by atoms with Gasteiger partial charge in [0, 0.05) is 17.8 Å². The number of hydrogen-bond donors (Lipinski definition) is 2. The molecule has 156 valence electrons. The van der Waals surface area contributed by atoms with E-state index in [1.54, 1.807) is 0 Å². The molecule has 0 heterocycles. The molecule has 0 spiro atoms. The van der Waals surface area contributed by atoms with Crippen molar-refractivity contribution in [3.05, 3.63) is 12.2 Å². The normalized spacial score (nSPS) is 47.2. The highest BCUT2D eigenvalue weighted by Crippen LogP contribution is 2.65. The highest BCUT2D eigenvalue weighted by Gasteiger charge is 2.61. The van der Waals surface area contributed by atoms with Crippen molar-refractivity contribution in [1.82, 2.24) is 0 Å². The molecule has 4 aliphatic carbocycles. The van der Waals surface area contributed by atoms with Gasteiger partial charge in [-0.2, -0.15) is 0 Å². The van der Waals surface area contributed by atoms with Crippen LogP contribution in [0.1, 0.15) is 78.1 Å². The van der Waals surface area contributed by atoms with Crippen molar-refractivity contribution in [1.29, 1.82) is 0 Å². The summed E-state index contributed by atoms with van der Waals surface area (Å²) in [5.74, 6) is 3.14. The first-order valence-electron chi connectivity index (χ1n) is 11.5. The number of hydrogen-bond acceptors (Lipinski definition) is 4. The molecule has 0 aromatic carbocycles. The van der Waals surface area contributed by atoms with E-state index in [9.17, 15) is 10.0 Å². The highest BCUT2D eigenvalue weighted by atomic mass is 16.4. The maximum atomic E-state index is 12.6. The van der Waals surface area contributed by atoms with Gasteiger partial charge in [0.15, 0.2) is 0 Å². The number of carbonyl (C=O) groups is 1. The Labute approximate surface area is 170 Å². The summed E-state index contributed by atoms with van der Waals surface area (Å²) >= 11 is 0.